The lowest BCUT2D eigenvalue weighted by Crippen LogP contribution is -2.01. The van der Waals surface area contributed by atoms with Crippen LogP contribution in [0.2, 0.25) is 0 Å². The van der Waals surface area contributed by atoms with E-state index in [1.165, 1.54) is 0 Å². The summed E-state index contributed by atoms with van der Waals surface area (Å²) in [4.78, 5) is 0. The molecule has 0 saturated heterocycles. The van der Waals surface area contributed by atoms with Gasteiger partial charge in [0.05, 0.1) is 7.11 Å². The Bertz CT molecular complexity index is 578. The predicted molar refractivity (Wildman–Crippen MR) is 67.8 cm³/mol. The number of methoxy groups -OCH3 is 1. The number of hydrogen-bond acceptors (Lipinski definition) is 3. The van der Waals surface area contributed by atoms with Crippen molar-refractivity contribution < 1.29 is 14.6 Å². The summed E-state index contributed by atoms with van der Waals surface area (Å²) >= 11 is 0. The molecule has 1 unspecified atom stereocenters. The second kappa shape index (κ2) is 4.35. The van der Waals surface area contributed by atoms with Crippen LogP contribution in [0.3, 0.4) is 0 Å². The maximum absolute atomic E-state index is 10.5. The molecule has 1 N–H and O–H groups in total. The SMILES string of the molecule is COc1cccc2c1OCc1ccccc1C2O. The molecule has 0 aliphatic carbocycles. The Hall–Kier alpha value is -2.00. The molecule has 1 atom stereocenters. The fraction of sp³-hybridized carbons (Fsp3) is 0.200. The lowest BCUT2D eigenvalue weighted by atomic mass is 9.97. The summed E-state index contributed by atoms with van der Waals surface area (Å²) in [5.41, 5.74) is 2.65. The number of fused-ring (bicyclic) bond motifs is 2. The summed E-state index contributed by atoms with van der Waals surface area (Å²) in [6.07, 6.45) is -0.672. The average molecular weight is 242 g/mol. The molecular weight excluding hydrogens is 228 g/mol. The molecular formula is C15H14O3. The smallest absolute Gasteiger partial charge is 0.167 e. The second-order valence-electron chi connectivity index (χ2n) is 4.27. The van der Waals surface area contributed by atoms with Gasteiger partial charge in [-0.15, -0.1) is 0 Å². The van der Waals surface area contributed by atoms with Gasteiger partial charge in [-0.05, 0) is 17.2 Å². The van der Waals surface area contributed by atoms with Crippen molar-refractivity contribution in [2.24, 2.45) is 0 Å². The lowest BCUT2D eigenvalue weighted by molar-refractivity contribution is 0.217. The molecule has 2 aromatic carbocycles. The highest BCUT2D eigenvalue weighted by molar-refractivity contribution is 5.52. The minimum absolute atomic E-state index is 0.445. The molecule has 0 spiro atoms. The molecule has 0 aromatic heterocycles. The molecule has 0 amide bonds. The van der Waals surface area contributed by atoms with Crippen molar-refractivity contribution >= 4 is 0 Å². The highest BCUT2D eigenvalue weighted by Gasteiger charge is 2.24. The monoisotopic (exact) mass is 242 g/mol. The number of para-hydroxylation sites is 1. The number of ether oxygens (including phenoxy) is 2. The van der Waals surface area contributed by atoms with E-state index in [1.807, 2.05) is 42.5 Å². The first-order valence-electron chi connectivity index (χ1n) is 5.87. The molecule has 1 aliphatic heterocycles. The summed E-state index contributed by atoms with van der Waals surface area (Å²) in [6, 6.07) is 13.3. The topological polar surface area (TPSA) is 38.7 Å². The van der Waals surface area contributed by atoms with Crippen LogP contribution >= 0.6 is 0 Å². The standard InChI is InChI=1S/C15H14O3/c1-17-13-8-4-7-12-14(16)11-6-3-2-5-10(11)9-18-15(12)13/h2-8,14,16H,9H2,1H3. The van der Waals surface area contributed by atoms with E-state index in [9.17, 15) is 5.11 Å². The van der Waals surface area contributed by atoms with Crippen LogP contribution in [0.4, 0.5) is 0 Å². The largest absolute Gasteiger partial charge is 0.493 e. The molecule has 2 aromatic rings. The van der Waals surface area contributed by atoms with Gasteiger partial charge in [-0.2, -0.15) is 0 Å². The van der Waals surface area contributed by atoms with E-state index < -0.39 is 6.10 Å². The van der Waals surface area contributed by atoms with Crippen molar-refractivity contribution in [2.75, 3.05) is 7.11 Å². The van der Waals surface area contributed by atoms with Crippen molar-refractivity contribution in [3.63, 3.8) is 0 Å². The Balaban J connectivity index is 2.17. The van der Waals surface area contributed by atoms with Gasteiger partial charge in [-0.25, -0.2) is 0 Å². The van der Waals surface area contributed by atoms with Crippen LogP contribution < -0.4 is 9.47 Å². The van der Waals surface area contributed by atoms with Crippen LogP contribution in [-0.4, -0.2) is 12.2 Å². The predicted octanol–water partition coefficient (Wildman–Crippen LogP) is 2.67. The number of aliphatic hydroxyl groups is 1. The van der Waals surface area contributed by atoms with E-state index >= 15 is 0 Å². The zero-order valence-corrected chi connectivity index (χ0v) is 10.1. The van der Waals surface area contributed by atoms with E-state index in [0.717, 1.165) is 16.7 Å². The van der Waals surface area contributed by atoms with Gasteiger partial charge in [0.2, 0.25) is 0 Å². The highest BCUT2D eigenvalue weighted by atomic mass is 16.5. The Labute approximate surface area is 106 Å². The van der Waals surface area contributed by atoms with Gasteiger partial charge in [0, 0.05) is 5.56 Å². The van der Waals surface area contributed by atoms with Crippen molar-refractivity contribution in [1.82, 2.24) is 0 Å². The van der Waals surface area contributed by atoms with Gasteiger partial charge >= 0.3 is 0 Å². The number of rotatable bonds is 1. The van der Waals surface area contributed by atoms with E-state index in [0.29, 0.717) is 18.1 Å². The first kappa shape index (κ1) is 11.1. The first-order valence-corrected chi connectivity index (χ1v) is 5.87. The van der Waals surface area contributed by atoms with Crippen LogP contribution in [0.25, 0.3) is 0 Å². The summed E-state index contributed by atoms with van der Waals surface area (Å²) in [5, 5.41) is 10.5. The average Bonchev–Trinajstić information content (AvgIpc) is 2.57. The third-order valence-electron chi connectivity index (χ3n) is 3.25. The molecule has 0 fully saturated rings. The second-order valence-corrected chi connectivity index (χ2v) is 4.27. The van der Waals surface area contributed by atoms with E-state index in [4.69, 9.17) is 9.47 Å². The third kappa shape index (κ3) is 1.64. The Kier molecular flexibility index (Phi) is 2.68. The quantitative estimate of drug-likeness (QED) is 0.835. The molecule has 0 saturated carbocycles. The van der Waals surface area contributed by atoms with Gasteiger partial charge in [-0.1, -0.05) is 36.4 Å². The molecule has 1 heterocycles. The van der Waals surface area contributed by atoms with Crippen LogP contribution in [0.5, 0.6) is 11.5 Å². The third-order valence-corrected chi connectivity index (χ3v) is 3.25. The van der Waals surface area contributed by atoms with E-state index in [2.05, 4.69) is 0 Å². The summed E-state index contributed by atoms with van der Waals surface area (Å²) in [7, 11) is 1.60. The van der Waals surface area contributed by atoms with Crippen molar-refractivity contribution in [1.29, 1.82) is 0 Å². The normalized spacial score (nSPS) is 17.1. The Morgan fingerprint density at radius 3 is 2.72 bits per heavy atom. The summed E-state index contributed by atoms with van der Waals surface area (Å²) in [5.74, 6) is 1.28. The molecule has 1 aliphatic rings. The maximum Gasteiger partial charge on any atom is 0.167 e. The Morgan fingerprint density at radius 1 is 1.11 bits per heavy atom. The minimum atomic E-state index is -0.672. The van der Waals surface area contributed by atoms with Crippen LogP contribution in [0.15, 0.2) is 42.5 Å². The van der Waals surface area contributed by atoms with Gasteiger partial charge < -0.3 is 14.6 Å². The van der Waals surface area contributed by atoms with E-state index in [1.54, 1.807) is 7.11 Å². The van der Waals surface area contributed by atoms with Crippen LogP contribution in [0.1, 0.15) is 22.8 Å². The zero-order chi connectivity index (χ0) is 12.5. The molecule has 0 radical (unpaired) electrons. The van der Waals surface area contributed by atoms with Crippen molar-refractivity contribution in [2.45, 2.75) is 12.7 Å². The molecule has 3 rings (SSSR count). The summed E-state index contributed by atoms with van der Waals surface area (Å²) < 4.78 is 11.1. The van der Waals surface area contributed by atoms with Gasteiger partial charge in [0.1, 0.15) is 12.7 Å². The molecule has 3 heteroatoms. The number of benzene rings is 2. The van der Waals surface area contributed by atoms with Crippen LogP contribution in [0, 0.1) is 0 Å². The maximum atomic E-state index is 10.5. The van der Waals surface area contributed by atoms with Gasteiger partial charge in [0.15, 0.2) is 11.5 Å². The highest BCUT2D eigenvalue weighted by Crippen LogP contribution is 2.40. The zero-order valence-electron chi connectivity index (χ0n) is 10.1. The fourth-order valence-corrected chi connectivity index (χ4v) is 2.31. The van der Waals surface area contributed by atoms with Crippen molar-refractivity contribution in [3.05, 3.63) is 59.2 Å². The fourth-order valence-electron chi connectivity index (χ4n) is 2.31. The number of hydrogen-bond donors (Lipinski definition) is 1. The lowest BCUT2D eigenvalue weighted by Gasteiger charge is -2.14. The Morgan fingerprint density at radius 2 is 1.89 bits per heavy atom. The van der Waals surface area contributed by atoms with Gasteiger partial charge in [-0.3, -0.25) is 0 Å². The van der Waals surface area contributed by atoms with Gasteiger partial charge in [0.25, 0.3) is 0 Å². The minimum Gasteiger partial charge on any atom is -0.493 e. The summed E-state index contributed by atoms with van der Waals surface area (Å²) in [6.45, 7) is 0.445. The number of aliphatic hydroxyl groups excluding tert-OH is 1. The molecule has 92 valence electrons. The molecule has 0 bridgehead atoms. The van der Waals surface area contributed by atoms with Crippen molar-refractivity contribution in [3.8, 4) is 11.5 Å². The molecule has 3 nitrogen and oxygen atoms in total. The van der Waals surface area contributed by atoms with Crippen LogP contribution in [-0.2, 0) is 6.61 Å². The first-order chi connectivity index (χ1) is 8.81. The molecule has 18 heavy (non-hydrogen) atoms. The van der Waals surface area contributed by atoms with E-state index in [-0.39, 0.29) is 0 Å².